The largest absolute Gasteiger partial charge is 0.492 e. The van der Waals surface area contributed by atoms with Gasteiger partial charge < -0.3 is 9.84 Å². The Balaban J connectivity index is 2.05. The number of benzene rings is 1. The number of nitrogens with zero attached hydrogens (tertiary/aromatic N) is 1. The molecule has 0 saturated carbocycles. The average molecular weight is 259 g/mol. The maximum atomic E-state index is 11.4. The molecule has 1 aromatic rings. The summed E-state index contributed by atoms with van der Waals surface area (Å²) < 4.78 is 5.68. The van der Waals surface area contributed by atoms with Gasteiger partial charge in [-0.15, -0.1) is 0 Å². The van der Waals surface area contributed by atoms with E-state index in [2.05, 4.69) is 6.92 Å². The summed E-state index contributed by atoms with van der Waals surface area (Å²) in [4.78, 5) is 12.9. The minimum absolute atomic E-state index is 0.359. The van der Waals surface area contributed by atoms with Crippen LogP contribution in [0, 0.1) is 5.92 Å². The van der Waals surface area contributed by atoms with Crippen molar-refractivity contribution in [1.29, 1.82) is 0 Å². The number of rotatable bonds is 1. The lowest BCUT2D eigenvalue weighted by molar-refractivity contribution is 0.159. The van der Waals surface area contributed by atoms with Gasteiger partial charge in [0, 0.05) is 18.5 Å². The number of hydrogen-bond donors (Lipinski definition) is 1. The summed E-state index contributed by atoms with van der Waals surface area (Å²) in [5, 5.41) is 9.38. The standard InChI is InChI=1S/C15H17NO3/c1-10-5-6-13(16(9-10)15(17)18)12-4-2-3-11-7-8-19-14(11)12/h2-4,6,10H,5,7-9H2,1H3,(H,17,18). The van der Waals surface area contributed by atoms with Gasteiger partial charge in [0.05, 0.1) is 12.3 Å². The molecular formula is C15H17NO3. The van der Waals surface area contributed by atoms with Crippen molar-refractivity contribution in [3.05, 3.63) is 35.4 Å². The highest BCUT2D eigenvalue weighted by molar-refractivity contribution is 5.83. The minimum atomic E-state index is -0.895. The van der Waals surface area contributed by atoms with E-state index >= 15 is 0 Å². The second kappa shape index (κ2) is 4.61. The van der Waals surface area contributed by atoms with Crippen molar-refractivity contribution >= 4 is 11.8 Å². The Morgan fingerprint density at radius 3 is 3.11 bits per heavy atom. The topological polar surface area (TPSA) is 49.8 Å². The van der Waals surface area contributed by atoms with Crippen LogP contribution in [0.1, 0.15) is 24.5 Å². The van der Waals surface area contributed by atoms with Gasteiger partial charge in [0.2, 0.25) is 0 Å². The fourth-order valence-corrected chi connectivity index (χ4v) is 2.76. The number of carboxylic acid groups (broad SMARTS) is 1. The van der Waals surface area contributed by atoms with Crippen LogP contribution in [0.15, 0.2) is 24.3 Å². The second-order valence-corrected chi connectivity index (χ2v) is 5.22. The highest BCUT2D eigenvalue weighted by atomic mass is 16.5. The molecule has 1 N–H and O–H groups in total. The minimum Gasteiger partial charge on any atom is -0.492 e. The second-order valence-electron chi connectivity index (χ2n) is 5.22. The molecule has 0 aliphatic carbocycles. The maximum absolute atomic E-state index is 11.4. The predicted octanol–water partition coefficient (Wildman–Crippen LogP) is 2.98. The van der Waals surface area contributed by atoms with Crippen molar-refractivity contribution < 1.29 is 14.6 Å². The zero-order valence-electron chi connectivity index (χ0n) is 10.9. The summed E-state index contributed by atoms with van der Waals surface area (Å²) in [6.07, 6.45) is 2.93. The van der Waals surface area contributed by atoms with Gasteiger partial charge in [-0.25, -0.2) is 4.79 Å². The fraction of sp³-hybridized carbons (Fsp3) is 0.400. The lowest BCUT2D eigenvalue weighted by Crippen LogP contribution is -2.34. The van der Waals surface area contributed by atoms with Crippen molar-refractivity contribution in [1.82, 2.24) is 4.90 Å². The van der Waals surface area contributed by atoms with E-state index in [1.54, 1.807) is 0 Å². The first-order chi connectivity index (χ1) is 9.16. The molecule has 19 heavy (non-hydrogen) atoms. The predicted molar refractivity (Wildman–Crippen MR) is 72.1 cm³/mol. The molecule has 2 heterocycles. The van der Waals surface area contributed by atoms with Crippen LogP contribution in [0.3, 0.4) is 0 Å². The summed E-state index contributed by atoms with van der Waals surface area (Å²) in [5.41, 5.74) is 2.84. The van der Waals surface area contributed by atoms with E-state index in [1.807, 2.05) is 24.3 Å². The molecule has 100 valence electrons. The SMILES string of the molecule is CC1CC=C(c2cccc3c2OCC3)N(C(=O)O)C1. The zero-order chi connectivity index (χ0) is 13.4. The van der Waals surface area contributed by atoms with Gasteiger partial charge in [-0.2, -0.15) is 0 Å². The highest BCUT2D eigenvalue weighted by Crippen LogP contribution is 2.37. The van der Waals surface area contributed by atoms with Crippen LogP contribution in [0.5, 0.6) is 5.75 Å². The quantitative estimate of drug-likeness (QED) is 0.843. The molecule has 0 saturated heterocycles. The molecule has 4 heteroatoms. The average Bonchev–Trinajstić information content (AvgIpc) is 2.86. The van der Waals surface area contributed by atoms with Gasteiger partial charge >= 0.3 is 6.09 Å². The molecule has 0 spiro atoms. The number of amides is 1. The molecule has 2 aliphatic heterocycles. The first kappa shape index (κ1) is 12.1. The summed E-state index contributed by atoms with van der Waals surface area (Å²) >= 11 is 0. The monoisotopic (exact) mass is 259 g/mol. The third-order valence-corrected chi connectivity index (χ3v) is 3.72. The van der Waals surface area contributed by atoms with E-state index in [-0.39, 0.29) is 0 Å². The summed E-state index contributed by atoms with van der Waals surface area (Å²) in [5.74, 6) is 1.21. The van der Waals surface area contributed by atoms with Crippen molar-refractivity contribution in [2.24, 2.45) is 5.92 Å². The molecule has 0 bridgehead atoms. The molecule has 3 rings (SSSR count). The van der Waals surface area contributed by atoms with E-state index in [4.69, 9.17) is 4.74 Å². The van der Waals surface area contributed by atoms with Crippen molar-refractivity contribution in [2.45, 2.75) is 19.8 Å². The van der Waals surface area contributed by atoms with Gasteiger partial charge in [-0.05, 0) is 24.0 Å². The smallest absolute Gasteiger partial charge is 0.411 e. The van der Waals surface area contributed by atoms with E-state index in [0.717, 1.165) is 29.9 Å². The van der Waals surface area contributed by atoms with Crippen LogP contribution in [-0.4, -0.2) is 29.3 Å². The Labute approximate surface area is 112 Å². The molecular weight excluding hydrogens is 242 g/mol. The van der Waals surface area contributed by atoms with Crippen molar-refractivity contribution in [3.8, 4) is 5.75 Å². The highest BCUT2D eigenvalue weighted by Gasteiger charge is 2.28. The summed E-state index contributed by atoms with van der Waals surface area (Å²) in [6.45, 7) is 3.29. The van der Waals surface area contributed by atoms with Gasteiger partial charge in [0.25, 0.3) is 0 Å². The Morgan fingerprint density at radius 1 is 1.47 bits per heavy atom. The summed E-state index contributed by atoms with van der Waals surface area (Å²) in [7, 11) is 0. The van der Waals surface area contributed by atoms with Crippen LogP contribution >= 0.6 is 0 Å². The molecule has 0 radical (unpaired) electrons. The molecule has 1 atom stereocenters. The third-order valence-electron chi connectivity index (χ3n) is 3.72. The Kier molecular flexibility index (Phi) is 2.93. The fourth-order valence-electron chi connectivity index (χ4n) is 2.76. The lowest BCUT2D eigenvalue weighted by atomic mass is 9.97. The third kappa shape index (κ3) is 2.07. The molecule has 0 fully saturated rings. The number of ether oxygens (including phenoxy) is 1. The van der Waals surface area contributed by atoms with Crippen LogP contribution in [0.2, 0.25) is 0 Å². The van der Waals surface area contributed by atoms with E-state index < -0.39 is 6.09 Å². The van der Waals surface area contributed by atoms with E-state index in [1.165, 1.54) is 10.5 Å². The van der Waals surface area contributed by atoms with Crippen molar-refractivity contribution in [3.63, 3.8) is 0 Å². The maximum Gasteiger partial charge on any atom is 0.411 e. The number of hydrogen-bond acceptors (Lipinski definition) is 2. The van der Waals surface area contributed by atoms with Crippen LogP contribution in [0.4, 0.5) is 4.79 Å². The number of carbonyl (C=O) groups is 1. The Morgan fingerprint density at radius 2 is 2.32 bits per heavy atom. The van der Waals surface area contributed by atoms with Crippen LogP contribution in [0.25, 0.3) is 5.70 Å². The van der Waals surface area contributed by atoms with Crippen LogP contribution < -0.4 is 4.74 Å². The van der Waals surface area contributed by atoms with Crippen LogP contribution in [-0.2, 0) is 6.42 Å². The molecule has 4 nitrogen and oxygen atoms in total. The number of fused-ring (bicyclic) bond motifs is 1. The van der Waals surface area contributed by atoms with Gasteiger partial charge in [0.1, 0.15) is 5.75 Å². The molecule has 2 aliphatic rings. The zero-order valence-corrected chi connectivity index (χ0v) is 10.9. The van der Waals surface area contributed by atoms with E-state index in [0.29, 0.717) is 19.1 Å². The first-order valence-corrected chi connectivity index (χ1v) is 6.62. The molecule has 1 unspecified atom stereocenters. The Hall–Kier alpha value is -1.97. The van der Waals surface area contributed by atoms with E-state index in [9.17, 15) is 9.90 Å². The van der Waals surface area contributed by atoms with Gasteiger partial charge in [-0.1, -0.05) is 25.1 Å². The van der Waals surface area contributed by atoms with Crippen molar-refractivity contribution in [2.75, 3.05) is 13.2 Å². The van der Waals surface area contributed by atoms with Gasteiger partial charge in [0.15, 0.2) is 0 Å². The number of para-hydroxylation sites is 1. The normalized spacial score (nSPS) is 21.6. The lowest BCUT2D eigenvalue weighted by Gasteiger charge is -2.30. The summed E-state index contributed by atoms with van der Waals surface area (Å²) in [6, 6.07) is 5.96. The molecule has 0 aromatic heterocycles. The number of allylic oxidation sites excluding steroid dienone is 1. The first-order valence-electron chi connectivity index (χ1n) is 6.62. The molecule has 1 aromatic carbocycles. The molecule has 1 amide bonds. The van der Waals surface area contributed by atoms with Gasteiger partial charge in [-0.3, -0.25) is 4.90 Å². The Bertz CT molecular complexity index is 550.